The van der Waals surface area contributed by atoms with E-state index >= 15 is 0 Å². The minimum Gasteiger partial charge on any atom is -0.503 e. The van der Waals surface area contributed by atoms with E-state index in [9.17, 15) is 14.7 Å². The number of furan rings is 1. The van der Waals surface area contributed by atoms with Crippen LogP contribution in [0.5, 0.6) is 5.75 Å². The van der Waals surface area contributed by atoms with Gasteiger partial charge in [0.2, 0.25) is 5.78 Å². The van der Waals surface area contributed by atoms with E-state index in [2.05, 4.69) is 9.97 Å². The molecule has 0 saturated carbocycles. The SMILES string of the molecule is COc1cc(Cl)cc2cc(C(=O)C3=C(O)C(=O)N(c4nc5ccccc5s4)C3c3ccncc3)oc12. The first-order valence-corrected chi connectivity index (χ1v) is 12.0. The van der Waals surface area contributed by atoms with Gasteiger partial charge in [-0.2, -0.15) is 0 Å². The maximum absolute atomic E-state index is 13.8. The highest BCUT2D eigenvalue weighted by atomic mass is 35.5. The molecule has 1 aliphatic heterocycles. The number of carbonyl (C=O) groups excluding carboxylic acids is 2. The Kier molecular flexibility index (Phi) is 5.24. The summed E-state index contributed by atoms with van der Waals surface area (Å²) in [6.07, 6.45) is 3.11. The minimum atomic E-state index is -0.938. The topological polar surface area (TPSA) is 106 Å². The largest absolute Gasteiger partial charge is 0.503 e. The number of thiazole rings is 1. The molecule has 1 amide bonds. The molecule has 2 aromatic carbocycles. The van der Waals surface area contributed by atoms with Crippen LogP contribution in [0.2, 0.25) is 5.02 Å². The summed E-state index contributed by atoms with van der Waals surface area (Å²) in [4.78, 5) is 37.1. The van der Waals surface area contributed by atoms with Gasteiger partial charge in [0.05, 0.1) is 28.9 Å². The summed E-state index contributed by atoms with van der Waals surface area (Å²) >= 11 is 7.46. The first kappa shape index (κ1) is 22.3. The zero-order chi connectivity index (χ0) is 25.0. The van der Waals surface area contributed by atoms with Gasteiger partial charge in [0.1, 0.15) is 0 Å². The van der Waals surface area contributed by atoms with Gasteiger partial charge < -0.3 is 14.3 Å². The lowest BCUT2D eigenvalue weighted by Crippen LogP contribution is -2.30. The normalized spacial score (nSPS) is 15.9. The number of ether oxygens (including phenoxy) is 1. The number of carbonyl (C=O) groups is 2. The molecule has 0 aliphatic carbocycles. The van der Waals surface area contributed by atoms with Gasteiger partial charge in [0.25, 0.3) is 5.91 Å². The fourth-order valence-electron chi connectivity index (χ4n) is 4.34. The van der Waals surface area contributed by atoms with Crippen molar-refractivity contribution in [3.05, 3.63) is 94.7 Å². The lowest BCUT2D eigenvalue weighted by atomic mass is 9.96. The van der Waals surface area contributed by atoms with E-state index < -0.39 is 23.5 Å². The van der Waals surface area contributed by atoms with Gasteiger partial charge in [-0.25, -0.2) is 4.98 Å². The van der Waals surface area contributed by atoms with Gasteiger partial charge in [-0.15, -0.1) is 0 Å². The first-order valence-electron chi connectivity index (χ1n) is 10.8. The van der Waals surface area contributed by atoms with Crippen molar-refractivity contribution in [3.8, 4) is 5.75 Å². The van der Waals surface area contributed by atoms with E-state index in [1.165, 1.54) is 29.4 Å². The molecule has 1 N–H and O–H groups in total. The van der Waals surface area contributed by atoms with Crippen LogP contribution in [0.1, 0.15) is 22.2 Å². The summed E-state index contributed by atoms with van der Waals surface area (Å²) in [5.74, 6) is -1.73. The number of hydrogen-bond donors (Lipinski definition) is 1. The third-order valence-electron chi connectivity index (χ3n) is 5.95. The Labute approximate surface area is 213 Å². The summed E-state index contributed by atoms with van der Waals surface area (Å²) < 4.78 is 12.0. The van der Waals surface area contributed by atoms with Gasteiger partial charge in [0.15, 0.2) is 28.0 Å². The standard InChI is InChI=1S/C26H16ClN3O5S/c1-34-18-12-15(27)10-14-11-17(35-24(14)18)22(31)20-21(13-6-8-28-9-7-13)30(25(33)23(20)32)26-29-16-4-2-3-5-19(16)36-26/h2-12,21,32H,1H3. The van der Waals surface area contributed by atoms with Gasteiger partial charge >= 0.3 is 0 Å². The van der Waals surface area contributed by atoms with E-state index in [0.29, 0.717) is 38.0 Å². The summed E-state index contributed by atoms with van der Waals surface area (Å²) in [6, 6.07) is 14.6. The van der Waals surface area contributed by atoms with Crippen molar-refractivity contribution in [2.24, 2.45) is 0 Å². The van der Waals surface area contributed by atoms with Crippen molar-refractivity contribution in [3.63, 3.8) is 0 Å². The van der Waals surface area contributed by atoms with Gasteiger partial charge in [-0.05, 0) is 42.0 Å². The first-order chi connectivity index (χ1) is 17.5. The molecule has 8 nitrogen and oxygen atoms in total. The summed E-state index contributed by atoms with van der Waals surface area (Å²) in [7, 11) is 1.47. The average Bonchev–Trinajstić information content (AvgIpc) is 3.58. The number of anilines is 1. The minimum absolute atomic E-state index is 0.0647. The number of fused-ring (bicyclic) bond motifs is 2. The molecule has 10 heteroatoms. The van der Waals surface area contributed by atoms with Crippen LogP contribution < -0.4 is 9.64 Å². The quantitative estimate of drug-likeness (QED) is 0.290. The number of aliphatic hydroxyl groups excluding tert-OH is 1. The van der Waals surface area contributed by atoms with Crippen LogP contribution in [0, 0.1) is 0 Å². The second-order valence-corrected chi connectivity index (χ2v) is 9.50. The highest BCUT2D eigenvalue weighted by Crippen LogP contribution is 2.44. The van der Waals surface area contributed by atoms with E-state index in [1.807, 2.05) is 24.3 Å². The number of nitrogens with zero attached hydrogens (tertiary/aromatic N) is 3. The molecule has 0 bridgehead atoms. The lowest BCUT2D eigenvalue weighted by Gasteiger charge is -2.24. The molecule has 1 unspecified atom stereocenters. The second kappa shape index (κ2) is 8.47. The van der Waals surface area contributed by atoms with Crippen molar-refractivity contribution in [2.45, 2.75) is 6.04 Å². The number of benzene rings is 2. The average molecular weight is 518 g/mol. The van der Waals surface area contributed by atoms with Crippen LogP contribution in [0.25, 0.3) is 21.2 Å². The van der Waals surface area contributed by atoms with Crippen LogP contribution >= 0.6 is 22.9 Å². The third-order valence-corrected chi connectivity index (χ3v) is 7.21. The van der Waals surface area contributed by atoms with Crippen LogP contribution in [0.15, 0.2) is 82.7 Å². The Bertz CT molecular complexity index is 1680. The predicted molar refractivity (Wildman–Crippen MR) is 136 cm³/mol. The number of hydrogen-bond acceptors (Lipinski definition) is 8. The maximum atomic E-state index is 13.8. The van der Waals surface area contributed by atoms with Crippen LogP contribution in [0.4, 0.5) is 5.13 Å². The van der Waals surface area contributed by atoms with E-state index in [1.54, 1.807) is 36.7 Å². The number of para-hydroxylation sites is 1. The molecule has 36 heavy (non-hydrogen) atoms. The van der Waals surface area contributed by atoms with Crippen molar-refractivity contribution in [1.29, 1.82) is 0 Å². The molecule has 5 aromatic rings. The zero-order valence-electron chi connectivity index (χ0n) is 18.6. The van der Waals surface area contributed by atoms with Gasteiger partial charge in [0, 0.05) is 28.9 Å². The molecule has 4 heterocycles. The van der Waals surface area contributed by atoms with Crippen molar-refractivity contribution < 1.29 is 23.8 Å². The van der Waals surface area contributed by atoms with E-state index in [0.717, 1.165) is 4.70 Å². The molecular formula is C26H16ClN3O5S. The molecule has 1 aliphatic rings. The number of methoxy groups -OCH3 is 1. The molecule has 3 aromatic heterocycles. The molecular weight excluding hydrogens is 502 g/mol. The summed E-state index contributed by atoms with van der Waals surface area (Å²) in [6.45, 7) is 0. The number of halogens is 1. The van der Waals surface area contributed by atoms with Gasteiger partial charge in [-0.1, -0.05) is 35.1 Å². The monoisotopic (exact) mass is 517 g/mol. The number of pyridine rings is 1. The van der Waals surface area contributed by atoms with Gasteiger partial charge in [-0.3, -0.25) is 19.5 Å². The van der Waals surface area contributed by atoms with Crippen LogP contribution in [-0.4, -0.2) is 33.9 Å². The molecule has 1 atom stereocenters. The molecule has 0 saturated heterocycles. The molecule has 178 valence electrons. The summed E-state index contributed by atoms with van der Waals surface area (Å²) in [5, 5.41) is 12.3. The predicted octanol–water partition coefficient (Wildman–Crippen LogP) is 5.88. The Hall–Kier alpha value is -4.21. The highest BCUT2D eigenvalue weighted by Gasteiger charge is 2.46. The van der Waals surface area contributed by atoms with Crippen LogP contribution in [0.3, 0.4) is 0 Å². The molecule has 0 radical (unpaired) electrons. The maximum Gasteiger partial charge on any atom is 0.296 e. The Balaban J connectivity index is 1.50. The Morgan fingerprint density at radius 3 is 2.69 bits per heavy atom. The Morgan fingerprint density at radius 1 is 1.17 bits per heavy atom. The fraction of sp³-hybridized carbons (Fsp3) is 0.0769. The number of aliphatic hydroxyl groups is 1. The molecule has 0 fully saturated rings. The van der Waals surface area contributed by atoms with Crippen molar-refractivity contribution in [2.75, 3.05) is 12.0 Å². The van der Waals surface area contributed by atoms with Crippen LogP contribution in [-0.2, 0) is 4.79 Å². The molecule has 6 rings (SSSR count). The highest BCUT2D eigenvalue weighted by molar-refractivity contribution is 7.22. The smallest absolute Gasteiger partial charge is 0.296 e. The zero-order valence-corrected chi connectivity index (χ0v) is 20.2. The third kappa shape index (κ3) is 3.43. The number of rotatable bonds is 5. The number of ketones is 1. The number of amides is 1. The Morgan fingerprint density at radius 2 is 1.94 bits per heavy atom. The number of aromatic nitrogens is 2. The van der Waals surface area contributed by atoms with E-state index in [-0.39, 0.29) is 11.3 Å². The summed E-state index contributed by atoms with van der Waals surface area (Å²) in [5.41, 5.74) is 1.51. The second-order valence-electron chi connectivity index (χ2n) is 8.05. The van der Waals surface area contributed by atoms with Crippen molar-refractivity contribution >= 4 is 60.9 Å². The van der Waals surface area contributed by atoms with Crippen molar-refractivity contribution in [1.82, 2.24) is 9.97 Å². The fourth-order valence-corrected chi connectivity index (χ4v) is 5.55. The molecule has 0 spiro atoms. The van der Waals surface area contributed by atoms with E-state index in [4.69, 9.17) is 20.8 Å². The lowest BCUT2D eigenvalue weighted by molar-refractivity contribution is -0.117. The number of Topliss-reactive ketones (excluding diaryl/α,β-unsaturated/α-hetero) is 1.